The second kappa shape index (κ2) is 6.36. The van der Waals surface area contributed by atoms with Gasteiger partial charge in [-0.2, -0.15) is 0 Å². The maximum Gasteiger partial charge on any atom is 0.319 e. The maximum absolute atomic E-state index is 11.2. The van der Waals surface area contributed by atoms with Crippen LogP contribution >= 0.6 is 0 Å². The van der Waals surface area contributed by atoms with Crippen LogP contribution in [0.3, 0.4) is 0 Å². The lowest BCUT2D eigenvalue weighted by atomic mass is 9.96. The molecule has 2 saturated heterocycles. The summed E-state index contributed by atoms with van der Waals surface area (Å²) in [6.07, 6.45) is 5.21. The minimum Gasteiger partial charge on any atom is -0.468 e. The van der Waals surface area contributed by atoms with Crippen LogP contribution in [0.15, 0.2) is 0 Å². The quantitative estimate of drug-likeness (QED) is 0.685. The fourth-order valence-electron chi connectivity index (χ4n) is 2.90. The number of rotatable bonds is 4. The van der Waals surface area contributed by atoms with Gasteiger partial charge in [-0.15, -0.1) is 0 Å². The van der Waals surface area contributed by atoms with Gasteiger partial charge in [0.1, 0.15) is 0 Å². The Morgan fingerprint density at radius 3 is 2.35 bits per heavy atom. The molecule has 0 bridgehead atoms. The Morgan fingerprint density at radius 2 is 1.76 bits per heavy atom. The first-order valence-corrected chi connectivity index (χ1v) is 6.79. The summed E-state index contributed by atoms with van der Waals surface area (Å²) in [6.45, 7) is 6.42. The largest absolute Gasteiger partial charge is 0.468 e. The maximum atomic E-state index is 11.2. The molecule has 0 aromatic rings. The molecule has 0 N–H and O–H groups in total. The smallest absolute Gasteiger partial charge is 0.319 e. The molecule has 2 rings (SSSR count). The highest BCUT2D eigenvalue weighted by atomic mass is 16.5. The fraction of sp³-hybridized carbons (Fsp3) is 0.923. The molecule has 17 heavy (non-hydrogen) atoms. The van der Waals surface area contributed by atoms with Gasteiger partial charge in [-0.25, -0.2) is 0 Å². The summed E-state index contributed by atoms with van der Waals surface area (Å²) < 4.78 is 4.70. The third-order valence-corrected chi connectivity index (χ3v) is 4.00. The van der Waals surface area contributed by atoms with Crippen molar-refractivity contribution in [2.75, 3.05) is 46.4 Å². The van der Waals surface area contributed by atoms with Gasteiger partial charge in [0.25, 0.3) is 0 Å². The van der Waals surface area contributed by atoms with E-state index in [0.29, 0.717) is 6.54 Å². The molecule has 2 fully saturated rings. The summed E-state index contributed by atoms with van der Waals surface area (Å²) >= 11 is 0. The van der Waals surface area contributed by atoms with Crippen LogP contribution in [0.25, 0.3) is 0 Å². The number of hydrogen-bond acceptors (Lipinski definition) is 4. The zero-order valence-corrected chi connectivity index (χ0v) is 10.9. The minimum absolute atomic E-state index is 0.108. The second-order valence-electron chi connectivity index (χ2n) is 5.30. The molecule has 4 nitrogen and oxygen atoms in total. The van der Waals surface area contributed by atoms with Crippen molar-refractivity contribution in [1.29, 1.82) is 0 Å². The lowest BCUT2D eigenvalue weighted by molar-refractivity contribution is -0.142. The Kier molecular flexibility index (Phi) is 4.80. The van der Waals surface area contributed by atoms with Crippen molar-refractivity contribution < 1.29 is 9.53 Å². The van der Waals surface area contributed by atoms with Crippen molar-refractivity contribution in [3.8, 4) is 0 Å². The normalized spacial score (nSPS) is 24.1. The van der Waals surface area contributed by atoms with Gasteiger partial charge < -0.3 is 9.64 Å². The molecule has 2 heterocycles. The van der Waals surface area contributed by atoms with Crippen LogP contribution in [-0.2, 0) is 9.53 Å². The molecule has 0 spiro atoms. The monoisotopic (exact) mass is 240 g/mol. The van der Waals surface area contributed by atoms with Crippen molar-refractivity contribution in [3.05, 3.63) is 0 Å². The van der Waals surface area contributed by atoms with Gasteiger partial charge in [-0.1, -0.05) is 0 Å². The van der Waals surface area contributed by atoms with Crippen molar-refractivity contribution in [3.63, 3.8) is 0 Å². The van der Waals surface area contributed by atoms with Crippen molar-refractivity contribution in [2.24, 2.45) is 5.92 Å². The van der Waals surface area contributed by atoms with Crippen molar-refractivity contribution in [2.45, 2.75) is 25.7 Å². The average Bonchev–Trinajstić information content (AvgIpc) is 2.84. The molecule has 2 aliphatic heterocycles. The molecule has 0 atom stereocenters. The SMILES string of the molecule is COC(=O)CN1CCC(CN2CCCC2)CC1. The molecular formula is C13H24N2O2. The summed E-state index contributed by atoms with van der Waals surface area (Å²) in [5, 5.41) is 0. The summed E-state index contributed by atoms with van der Waals surface area (Å²) in [5.41, 5.74) is 0. The van der Waals surface area contributed by atoms with Gasteiger partial charge >= 0.3 is 5.97 Å². The van der Waals surface area contributed by atoms with Gasteiger partial charge in [0.05, 0.1) is 13.7 Å². The molecule has 0 unspecified atom stereocenters. The number of carbonyl (C=O) groups excluding carboxylic acids is 1. The zero-order chi connectivity index (χ0) is 12.1. The van der Waals surface area contributed by atoms with E-state index in [1.165, 1.54) is 52.4 Å². The van der Waals surface area contributed by atoms with Crippen LogP contribution in [0.4, 0.5) is 0 Å². The zero-order valence-electron chi connectivity index (χ0n) is 10.9. The Labute approximate surface area is 104 Å². The van der Waals surface area contributed by atoms with E-state index in [0.717, 1.165) is 19.0 Å². The molecule has 2 aliphatic rings. The van der Waals surface area contributed by atoms with Crippen molar-refractivity contribution >= 4 is 5.97 Å². The predicted molar refractivity (Wildman–Crippen MR) is 66.9 cm³/mol. The summed E-state index contributed by atoms with van der Waals surface area (Å²) in [4.78, 5) is 16.0. The van der Waals surface area contributed by atoms with E-state index in [9.17, 15) is 4.79 Å². The number of piperidine rings is 1. The Balaban J connectivity index is 1.65. The third kappa shape index (κ3) is 3.96. The van der Waals surface area contributed by atoms with Crippen LogP contribution in [0, 0.1) is 5.92 Å². The van der Waals surface area contributed by atoms with Gasteiger partial charge in [0.2, 0.25) is 0 Å². The number of carbonyl (C=O) groups is 1. The highest BCUT2D eigenvalue weighted by Crippen LogP contribution is 2.20. The number of likely N-dealkylation sites (tertiary alicyclic amines) is 2. The first-order chi connectivity index (χ1) is 8.28. The standard InChI is InChI=1S/C13H24N2O2/c1-17-13(16)11-15-8-4-12(5-9-15)10-14-6-2-3-7-14/h12H,2-11H2,1H3. The number of esters is 1. The lowest BCUT2D eigenvalue weighted by Gasteiger charge is -2.33. The van der Waals surface area contributed by atoms with Crippen molar-refractivity contribution in [1.82, 2.24) is 9.80 Å². The number of hydrogen-bond donors (Lipinski definition) is 0. The first-order valence-electron chi connectivity index (χ1n) is 6.79. The number of ether oxygens (including phenoxy) is 1. The Morgan fingerprint density at radius 1 is 1.12 bits per heavy atom. The lowest BCUT2D eigenvalue weighted by Crippen LogP contribution is -2.40. The fourth-order valence-corrected chi connectivity index (χ4v) is 2.90. The number of nitrogens with zero attached hydrogens (tertiary/aromatic N) is 2. The van der Waals surface area contributed by atoms with Crippen LogP contribution in [0.5, 0.6) is 0 Å². The number of methoxy groups -OCH3 is 1. The van der Waals surface area contributed by atoms with Gasteiger partial charge in [-0.3, -0.25) is 9.69 Å². The molecule has 0 radical (unpaired) electrons. The Bertz CT molecular complexity index is 244. The van der Waals surface area contributed by atoms with E-state index >= 15 is 0 Å². The Hall–Kier alpha value is -0.610. The topological polar surface area (TPSA) is 32.8 Å². The van der Waals surface area contributed by atoms with Gasteiger partial charge in [0, 0.05) is 6.54 Å². The van der Waals surface area contributed by atoms with E-state index in [2.05, 4.69) is 9.80 Å². The van der Waals surface area contributed by atoms with E-state index in [1.807, 2.05) is 0 Å². The average molecular weight is 240 g/mol. The van der Waals surface area contributed by atoms with Crippen LogP contribution in [-0.4, -0.2) is 62.1 Å². The van der Waals surface area contributed by atoms with Crippen LogP contribution in [0.2, 0.25) is 0 Å². The second-order valence-corrected chi connectivity index (χ2v) is 5.30. The van der Waals surface area contributed by atoms with Gasteiger partial charge in [-0.05, 0) is 57.8 Å². The third-order valence-electron chi connectivity index (χ3n) is 4.00. The summed E-state index contributed by atoms with van der Waals surface area (Å²) in [7, 11) is 1.46. The first kappa shape index (κ1) is 12.8. The molecule has 98 valence electrons. The molecule has 0 amide bonds. The molecule has 0 aromatic heterocycles. The highest BCUT2D eigenvalue weighted by molar-refractivity contribution is 5.71. The minimum atomic E-state index is -0.108. The molecule has 0 aliphatic carbocycles. The molecule has 0 aromatic carbocycles. The predicted octanol–water partition coefficient (Wildman–Crippen LogP) is 0.967. The summed E-state index contributed by atoms with van der Waals surface area (Å²) in [5.74, 6) is 0.727. The molecule has 0 saturated carbocycles. The van der Waals surface area contributed by atoms with E-state index < -0.39 is 0 Å². The summed E-state index contributed by atoms with van der Waals surface area (Å²) in [6, 6.07) is 0. The highest BCUT2D eigenvalue weighted by Gasteiger charge is 2.23. The molecule has 4 heteroatoms. The van der Waals surface area contributed by atoms with Gasteiger partial charge in [0.15, 0.2) is 0 Å². The van der Waals surface area contributed by atoms with E-state index in [4.69, 9.17) is 4.74 Å². The molecular weight excluding hydrogens is 216 g/mol. The van der Waals surface area contributed by atoms with Crippen LogP contribution < -0.4 is 0 Å². The van der Waals surface area contributed by atoms with E-state index in [-0.39, 0.29) is 5.97 Å². The van der Waals surface area contributed by atoms with E-state index in [1.54, 1.807) is 0 Å². The van der Waals surface area contributed by atoms with Crippen LogP contribution in [0.1, 0.15) is 25.7 Å².